The molecule has 2 amide bonds. The molecule has 0 aromatic carbocycles. The number of hydrogen-bond acceptors (Lipinski definition) is 8. The molecule has 200 valence electrons. The maximum absolute atomic E-state index is 12.9. The van der Waals surface area contributed by atoms with Crippen molar-refractivity contribution in [1.82, 2.24) is 15.5 Å². The normalized spacial score (nSPS) is 30.3. The van der Waals surface area contributed by atoms with Crippen molar-refractivity contribution in [2.75, 3.05) is 41.4 Å². The summed E-state index contributed by atoms with van der Waals surface area (Å²) >= 11 is 6.35. The zero-order chi connectivity index (χ0) is 26.0. The minimum absolute atomic E-state index is 0.0236. The van der Waals surface area contributed by atoms with Crippen LogP contribution in [0, 0.1) is 5.92 Å². The van der Waals surface area contributed by atoms with Gasteiger partial charge < -0.3 is 25.0 Å². The number of carbonyl (C=O) groups is 3. The molecule has 2 aliphatic carbocycles. The van der Waals surface area contributed by atoms with Gasteiger partial charge in [0.1, 0.15) is 0 Å². The lowest BCUT2D eigenvalue weighted by Crippen LogP contribution is -2.55. The Labute approximate surface area is 213 Å². The summed E-state index contributed by atoms with van der Waals surface area (Å²) in [5.41, 5.74) is 0. The van der Waals surface area contributed by atoms with Crippen molar-refractivity contribution in [2.45, 2.75) is 87.6 Å². The number of Topliss-reactive ketones (excluding diaryl/α,β-unsaturated/α-hetero) is 1. The Morgan fingerprint density at radius 3 is 2.29 bits per heavy atom. The first kappa shape index (κ1) is 29.6. The van der Waals surface area contributed by atoms with E-state index >= 15 is 0 Å². The molecular weight excluding hydrogens is 474 g/mol. The van der Waals surface area contributed by atoms with Crippen LogP contribution in [0.15, 0.2) is 10.2 Å². The molecule has 0 aliphatic heterocycles. The molecule has 0 aromatic heterocycles. The Hall–Kier alpha value is -1.62. The van der Waals surface area contributed by atoms with Gasteiger partial charge in [0.05, 0.1) is 29.7 Å². The molecule has 0 heterocycles. The number of carbonyl (C=O) groups excluding carboxylic acids is 3. The number of hydrogen-bond donors (Lipinski definition) is 2. The van der Waals surface area contributed by atoms with Crippen LogP contribution < -0.4 is 10.6 Å². The Morgan fingerprint density at radius 1 is 1.06 bits per heavy atom. The van der Waals surface area contributed by atoms with Gasteiger partial charge in [-0.15, -0.1) is 11.6 Å². The Kier molecular flexibility index (Phi) is 12.5. The highest BCUT2D eigenvalue weighted by Gasteiger charge is 2.39. The predicted molar refractivity (Wildman–Crippen MR) is 134 cm³/mol. The summed E-state index contributed by atoms with van der Waals surface area (Å²) in [6.45, 7) is 2.95. The summed E-state index contributed by atoms with van der Waals surface area (Å²) in [7, 11) is 7.18. The molecule has 0 spiro atoms. The number of rotatable bonds is 12. The second-order valence-electron chi connectivity index (χ2n) is 9.85. The number of methoxy groups -OCH3 is 2. The average Bonchev–Trinajstić information content (AvgIpc) is 2.82. The van der Waals surface area contributed by atoms with Crippen molar-refractivity contribution in [2.24, 2.45) is 16.1 Å². The van der Waals surface area contributed by atoms with Gasteiger partial charge in [-0.1, -0.05) is 0 Å². The largest absolute Gasteiger partial charge is 0.380 e. The van der Waals surface area contributed by atoms with Crippen molar-refractivity contribution < 1.29 is 23.9 Å². The summed E-state index contributed by atoms with van der Waals surface area (Å²) in [6, 6.07) is -1.64. The van der Waals surface area contributed by atoms with Crippen LogP contribution in [0.25, 0.3) is 0 Å². The van der Waals surface area contributed by atoms with Crippen LogP contribution in [-0.2, 0) is 23.9 Å². The van der Waals surface area contributed by atoms with Crippen molar-refractivity contribution in [1.29, 1.82) is 0 Å². The van der Waals surface area contributed by atoms with Crippen LogP contribution in [0.1, 0.15) is 51.9 Å². The highest BCUT2D eigenvalue weighted by molar-refractivity contribution is 6.21. The number of ketones is 1. The van der Waals surface area contributed by atoms with E-state index in [4.69, 9.17) is 21.1 Å². The van der Waals surface area contributed by atoms with Gasteiger partial charge in [0, 0.05) is 26.7 Å². The van der Waals surface area contributed by atoms with Crippen LogP contribution >= 0.6 is 11.6 Å². The molecule has 11 heteroatoms. The molecule has 5 unspecified atom stereocenters. The van der Waals surface area contributed by atoms with E-state index < -0.39 is 11.9 Å². The summed E-state index contributed by atoms with van der Waals surface area (Å²) in [5, 5.41) is 14.1. The fraction of sp³-hybridized carbons (Fsp3) is 0.875. The number of nitrogens with one attached hydrogen (secondary N) is 2. The lowest BCUT2D eigenvalue weighted by molar-refractivity contribution is -0.131. The monoisotopic (exact) mass is 515 g/mol. The van der Waals surface area contributed by atoms with Crippen LogP contribution in [0.2, 0.25) is 0 Å². The van der Waals surface area contributed by atoms with E-state index in [-0.39, 0.29) is 47.3 Å². The van der Waals surface area contributed by atoms with E-state index in [9.17, 15) is 14.4 Å². The van der Waals surface area contributed by atoms with Gasteiger partial charge in [-0.05, 0) is 72.5 Å². The second-order valence-corrected chi connectivity index (χ2v) is 10.4. The molecule has 2 fully saturated rings. The molecule has 10 nitrogen and oxygen atoms in total. The van der Waals surface area contributed by atoms with Crippen molar-refractivity contribution in [3.63, 3.8) is 0 Å². The second kappa shape index (κ2) is 14.8. The molecule has 0 bridgehead atoms. The maximum Gasteiger partial charge on any atom is 0.254 e. The lowest BCUT2D eigenvalue weighted by atomic mass is 9.86. The molecule has 5 atom stereocenters. The lowest BCUT2D eigenvalue weighted by Gasteiger charge is -2.38. The summed E-state index contributed by atoms with van der Waals surface area (Å²) in [4.78, 5) is 39.6. The maximum atomic E-state index is 12.9. The number of azo groups is 1. The molecular formula is C24H42ClN5O5. The third-order valence-corrected chi connectivity index (χ3v) is 7.32. The first-order chi connectivity index (χ1) is 16.7. The highest BCUT2D eigenvalue weighted by atomic mass is 35.5. The SMILES string of the molecule is COC1CC(NC(=O)C(N=NC2CCC(C(=O)NCCCN(C)C)CC2)C(C)=O)C(OC)CC1Cl. The molecule has 35 heavy (non-hydrogen) atoms. The fourth-order valence-corrected chi connectivity index (χ4v) is 5.07. The van der Waals surface area contributed by atoms with Gasteiger partial charge in [0.15, 0.2) is 5.78 Å². The van der Waals surface area contributed by atoms with Gasteiger partial charge in [-0.25, -0.2) is 0 Å². The predicted octanol–water partition coefficient (Wildman–Crippen LogP) is 1.94. The minimum Gasteiger partial charge on any atom is -0.380 e. The van der Waals surface area contributed by atoms with Gasteiger partial charge in [0.2, 0.25) is 11.9 Å². The topological polar surface area (TPSA) is 122 Å². The van der Waals surface area contributed by atoms with Gasteiger partial charge in [0.25, 0.3) is 5.91 Å². The third-order valence-electron chi connectivity index (χ3n) is 6.86. The van der Waals surface area contributed by atoms with Crippen LogP contribution in [0.3, 0.4) is 0 Å². The van der Waals surface area contributed by atoms with Gasteiger partial charge in [-0.2, -0.15) is 10.2 Å². The highest BCUT2D eigenvalue weighted by Crippen LogP contribution is 2.29. The molecule has 2 rings (SSSR count). The van der Waals surface area contributed by atoms with E-state index in [1.54, 1.807) is 14.2 Å². The number of alkyl halides is 1. The molecule has 0 saturated heterocycles. The number of nitrogens with zero attached hydrogens (tertiary/aromatic N) is 3. The Balaban J connectivity index is 1.85. The first-order valence-corrected chi connectivity index (χ1v) is 12.9. The average molecular weight is 516 g/mol. The van der Waals surface area contributed by atoms with Crippen LogP contribution in [-0.4, -0.2) is 99.6 Å². The van der Waals surface area contributed by atoms with Crippen LogP contribution in [0.4, 0.5) is 0 Å². The standard InChI is InChI=1S/C24H42ClN5O5/c1-15(31)22(24(33)27-19-14-20(34-4)18(25)13-21(19)35-5)29-28-17-9-7-16(8-10-17)23(32)26-11-6-12-30(2)3/h16-22H,6-14H2,1-5H3,(H,26,32)(H,27,33). The zero-order valence-electron chi connectivity index (χ0n) is 21.7. The quantitative estimate of drug-likeness (QED) is 0.177. The summed E-state index contributed by atoms with van der Waals surface area (Å²) in [5.74, 6) is -0.805. The van der Waals surface area contributed by atoms with Crippen molar-refractivity contribution in [3.05, 3.63) is 0 Å². The Morgan fingerprint density at radius 2 is 1.71 bits per heavy atom. The molecule has 2 saturated carbocycles. The van der Waals surface area contributed by atoms with Crippen LogP contribution in [0.5, 0.6) is 0 Å². The number of amides is 2. The van der Waals surface area contributed by atoms with Gasteiger partial charge in [-0.3, -0.25) is 14.4 Å². The number of halogens is 1. The fourth-order valence-electron chi connectivity index (χ4n) is 4.69. The minimum atomic E-state index is -1.21. The number of ether oxygens (including phenoxy) is 2. The zero-order valence-corrected chi connectivity index (χ0v) is 22.4. The first-order valence-electron chi connectivity index (χ1n) is 12.5. The van der Waals surface area contributed by atoms with Gasteiger partial charge >= 0.3 is 0 Å². The van der Waals surface area contributed by atoms with E-state index in [0.717, 1.165) is 25.8 Å². The summed E-state index contributed by atoms with van der Waals surface area (Å²) in [6.07, 6.45) is 4.28. The molecule has 2 aliphatic rings. The van der Waals surface area contributed by atoms with E-state index in [0.29, 0.717) is 32.2 Å². The van der Waals surface area contributed by atoms with E-state index in [2.05, 4.69) is 25.8 Å². The van der Waals surface area contributed by atoms with Crippen molar-refractivity contribution >= 4 is 29.2 Å². The third kappa shape index (κ3) is 9.40. The smallest absolute Gasteiger partial charge is 0.254 e. The summed E-state index contributed by atoms with van der Waals surface area (Å²) < 4.78 is 10.9. The van der Waals surface area contributed by atoms with E-state index in [1.807, 2.05) is 14.1 Å². The van der Waals surface area contributed by atoms with E-state index in [1.165, 1.54) is 6.92 Å². The molecule has 0 radical (unpaired) electrons. The molecule has 2 N–H and O–H groups in total. The molecule has 0 aromatic rings. The van der Waals surface area contributed by atoms with Crippen molar-refractivity contribution in [3.8, 4) is 0 Å². The Bertz CT molecular complexity index is 729.